The molecule has 3 aromatic rings. The molecule has 3 N–H and O–H groups in total. The van der Waals surface area contributed by atoms with E-state index in [1.54, 1.807) is 16.8 Å². The van der Waals surface area contributed by atoms with Gasteiger partial charge in [0.1, 0.15) is 5.76 Å². The molecule has 3 rings (SSSR count). The first-order valence-electron chi connectivity index (χ1n) is 6.26. The van der Waals surface area contributed by atoms with Crippen molar-refractivity contribution in [3.8, 4) is 0 Å². The van der Waals surface area contributed by atoms with E-state index in [1.165, 1.54) is 6.07 Å². The highest BCUT2D eigenvalue weighted by atomic mass is 16.4. The lowest BCUT2D eigenvalue weighted by Crippen LogP contribution is -2.10. The van der Waals surface area contributed by atoms with Crippen LogP contribution in [0.2, 0.25) is 0 Å². The average molecular weight is 284 g/mol. The highest BCUT2D eigenvalue weighted by molar-refractivity contribution is 6.06. The average Bonchev–Trinajstić information content (AvgIpc) is 3.05. The van der Waals surface area contributed by atoms with Gasteiger partial charge in [-0.3, -0.25) is 4.79 Å². The van der Waals surface area contributed by atoms with E-state index >= 15 is 0 Å². The maximum Gasteiger partial charge on any atom is 0.371 e. The van der Waals surface area contributed by atoms with Gasteiger partial charge < -0.3 is 19.8 Å². The second kappa shape index (κ2) is 4.82. The van der Waals surface area contributed by atoms with E-state index in [4.69, 9.17) is 15.3 Å². The summed E-state index contributed by atoms with van der Waals surface area (Å²) in [6, 6.07) is 10.4. The van der Waals surface area contributed by atoms with Crippen LogP contribution in [0.3, 0.4) is 0 Å². The minimum absolute atomic E-state index is 0.114. The lowest BCUT2D eigenvalue weighted by molar-refractivity contribution is 0.0660. The number of nitrogens with zero attached hydrogens (tertiary/aromatic N) is 1. The first-order valence-corrected chi connectivity index (χ1v) is 6.26. The Balaban J connectivity index is 2.04. The number of fused-ring (bicyclic) bond motifs is 1. The summed E-state index contributed by atoms with van der Waals surface area (Å²) in [5.41, 5.74) is 6.64. The fourth-order valence-corrected chi connectivity index (χ4v) is 2.32. The fraction of sp³-hybridized carbons (Fsp3) is 0.0667. The standard InChI is InChI=1S/C15H12N2O4/c16-14(18)11-8-17(12-4-2-1-3-10(11)12)7-9-5-6-13(21-9)15(19)20/h1-6,8H,7H2,(H2,16,18)(H,19,20). The molecule has 0 aliphatic heterocycles. The van der Waals surface area contributed by atoms with Gasteiger partial charge in [-0.2, -0.15) is 0 Å². The number of benzene rings is 1. The molecule has 6 nitrogen and oxygen atoms in total. The number of carboxylic acids is 1. The summed E-state index contributed by atoms with van der Waals surface area (Å²) in [6.45, 7) is 0.321. The molecule has 0 aliphatic rings. The van der Waals surface area contributed by atoms with Crippen LogP contribution in [0.1, 0.15) is 26.7 Å². The van der Waals surface area contributed by atoms with Crippen molar-refractivity contribution in [1.82, 2.24) is 4.57 Å². The summed E-state index contributed by atoms with van der Waals surface area (Å²) in [6.07, 6.45) is 1.65. The van der Waals surface area contributed by atoms with Crippen molar-refractivity contribution in [1.29, 1.82) is 0 Å². The van der Waals surface area contributed by atoms with Crippen molar-refractivity contribution >= 4 is 22.8 Å². The van der Waals surface area contributed by atoms with Crippen molar-refractivity contribution in [3.05, 3.63) is 59.7 Å². The van der Waals surface area contributed by atoms with Crippen LogP contribution in [-0.2, 0) is 6.54 Å². The van der Waals surface area contributed by atoms with Gasteiger partial charge in [0.2, 0.25) is 5.76 Å². The minimum atomic E-state index is -1.11. The van der Waals surface area contributed by atoms with E-state index in [0.717, 1.165) is 10.9 Å². The molecule has 0 radical (unpaired) electrons. The number of furan rings is 1. The molecular formula is C15H12N2O4. The molecule has 21 heavy (non-hydrogen) atoms. The smallest absolute Gasteiger partial charge is 0.371 e. The maximum atomic E-state index is 11.5. The summed E-state index contributed by atoms with van der Waals surface area (Å²) in [4.78, 5) is 22.3. The number of amides is 1. The van der Waals surface area contributed by atoms with Crippen LogP contribution in [0.25, 0.3) is 10.9 Å². The summed E-state index contributed by atoms with van der Waals surface area (Å²) in [7, 11) is 0. The van der Waals surface area contributed by atoms with Crippen LogP contribution >= 0.6 is 0 Å². The van der Waals surface area contributed by atoms with Gasteiger partial charge in [0.25, 0.3) is 5.91 Å². The Kier molecular flexibility index (Phi) is 2.98. The zero-order chi connectivity index (χ0) is 15.0. The molecule has 0 atom stereocenters. The van der Waals surface area contributed by atoms with Gasteiger partial charge in [-0.15, -0.1) is 0 Å². The van der Waals surface area contributed by atoms with Crippen molar-refractivity contribution in [2.24, 2.45) is 5.73 Å². The number of hydrogen-bond acceptors (Lipinski definition) is 3. The fourth-order valence-electron chi connectivity index (χ4n) is 2.32. The Hall–Kier alpha value is -3.02. The first-order chi connectivity index (χ1) is 10.1. The van der Waals surface area contributed by atoms with Crippen molar-refractivity contribution < 1.29 is 19.1 Å². The molecule has 6 heteroatoms. The van der Waals surface area contributed by atoms with E-state index in [9.17, 15) is 9.59 Å². The third kappa shape index (κ3) is 2.27. The summed E-state index contributed by atoms with van der Waals surface area (Å²) in [5.74, 6) is -1.24. The largest absolute Gasteiger partial charge is 0.475 e. The molecular weight excluding hydrogens is 272 g/mol. The highest BCUT2D eigenvalue weighted by Crippen LogP contribution is 2.22. The number of primary amides is 1. The molecule has 0 saturated heterocycles. The van der Waals surface area contributed by atoms with Gasteiger partial charge in [-0.25, -0.2) is 4.79 Å². The van der Waals surface area contributed by atoms with E-state index in [1.807, 2.05) is 24.3 Å². The van der Waals surface area contributed by atoms with Crippen LogP contribution in [0.4, 0.5) is 0 Å². The topological polar surface area (TPSA) is 98.5 Å². The van der Waals surface area contributed by atoms with E-state index in [-0.39, 0.29) is 5.76 Å². The Labute approximate surface area is 119 Å². The van der Waals surface area contributed by atoms with Gasteiger partial charge in [-0.05, 0) is 18.2 Å². The predicted octanol–water partition coefficient (Wildman–Crippen LogP) is 2.08. The van der Waals surface area contributed by atoms with Gasteiger partial charge in [-0.1, -0.05) is 18.2 Å². The van der Waals surface area contributed by atoms with Crippen LogP contribution in [0.5, 0.6) is 0 Å². The monoisotopic (exact) mass is 284 g/mol. The number of aromatic carboxylic acids is 1. The molecule has 2 aromatic heterocycles. The van der Waals surface area contributed by atoms with E-state index < -0.39 is 11.9 Å². The molecule has 106 valence electrons. The number of nitrogens with two attached hydrogens (primary N) is 1. The number of rotatable bonds is 4. The van der Waals surface area contributed by atoms with E-state index in [0.29, 0.717) is 17.9 Å². The number of aromatic nitrogens is 1. The van der Waals surface area contributed by atoms with Crippen LogP contribution in [0.15, 0.2) is 47.0 Å². The van der Waals surface area contributed by atoms with Crippen molar-refractivity contribution in [3.63, 3.8) is 0 Å². The van der Waals surface area contributed by atoms with Gasteiger partial charge in [0.15, 0.2) is 0 Å². The van der Waals surface area contributed by atoms with Crippen LogP contribution in [-0.4, -0.2) is 21.6 Å². The number of hydrogen-bond donors (Lipinski definition) is 2. The Morgan fingerprint density at radius 3 is 2.62 bits per heavy atom. The molecule has 0 fully saturated rings. The Morgan fingerprint density at radius 1 is 1.19 bits per heavy atom. The molecule has 0 bridgehead atoms. The lowest BCUT2D eigenvalue weighted by atomic mass is 10.2. The molecule has 2 heterocycles. The SMILES string of the molecule is NC(=O)c1cn(Cc2ccc(C(=O)O)o2)c2ccccc12. The van der Waals surface area contributed by atoms with Gasteiger partial charge in [0.05, 0.1) is 12.1 Å². The maximum absolute atomic E-state index is 11.5. The molecule has 0 saturated carbocycles. The summed E-state index contributed by atoms with van der Waals surface area (Å²) in [5, 5.41) is 9.61. The van der Waals surface area contributed by atoms with Crippen LogP contribution < -0.4 is 5.73 Å². The Morgan fingerprint density at radius 2 is 1.95 bits per heavy atom. The zero-order valence-electron chi connectivity index (χ0n) is 10.9. The third-order valence-electron chi connectivity index (χ3n) is 3.25. The highest BCUT2D eigenvalue weighted by Gasteiger charge is 2.14. The zero-order valence-corrected chi connectivity index (χ0v) is 10.9. The number of carbonyl (C=O) groups is 2. The molecule has 0 spiro atoms. The molecule has 1 amide bonds. The van der Waals surface area contributed by atoms with Crippen molar-refractivity contribution in [2.45, 2.75) is 6.54 Å². The number of carboxylic acid groups (broad SMARTS) is 1. The number of para-hydroxylation sites is 1. The minimum Gasteiger partial charge on any atom is -0.475 e. The summed E-state index contributed by atoms with van der Waals surface area (Å²) >= 11 is 0. The van der Waals surface area contributed by atoms with E-state index in [2.05, 4.69) is 0 Å². The second-order valence-electron chi connectivity index (χ2n) is 4.62. The molecule has 1 aromatic carbocycles. The Bertz CT molecular complexity index is 844. The quantitative estimate of drug-likeness (QED) is 0.766. The summed E-state index contributed by atoms with van der Waals surface area (Å²) < 4.78 is 7.04. The lowest BCUT2D eigenvalue weighted by Gasteiger charge is -2.02. The predicted molar refractivity (Wildman–Crippen MR) is 75.2 cm³/mol. The molecule has 0 aliphatic carbocycles. The number of carbonyl (C=O) groups excluding carboxylic acids is 1. The normalized spacial score (nSPS) is 10.9. The molecule has 0 unspecified atom stereocenters. The van der Waals surface area contributed by atoms with Crippen LogP contribution in [0, 0.1) is 0 Å². The second-order valence-corrected chi connectivity index (χ2v) is 4.62. The van der Waals surface area contributed by atoms with Gasteiger partial charge in [0, 0.05) is 17.1 Å². The van der Waals surface area contributed by atoms with Crippen molar-refractivity contribution in [2.75, 3.05) is 0 Å². The van der Waals surface area contributed by atoms with Gasteiger partial charge >= 0.3 is 5.97 Å². The third-order valence-corrected chi connectivity index (χ3v) is 3.25. The first kappa shape index (κ1) is 13.0.